The Balaban J connectivity index is 1.71. The van der Waals surface area contributed by atoms with Gasteiger partial charge in [0.05, 0.1) is 11.7 Å². The maximum atomic E-state index is 11.6. The van der Waals surface area contributed by atoms with Crippen molar-refractivity contribution in [1.29, 1.82) is 0 Å². The minimum atomic E-state index is -3.11. The molecule has 1 fully saturated rings. The van der Waals surface area contributed by atoms with Crippen molar-refractivity contribution in [3.63, 3.8) is 0 Å². The molecule has 0 amide bonds. The van der Waals surface area contributed by atoms with Crippen molar-refractivity contribution in [2.24, 2.45) is 0 Å². The van der Waals surface area contributed by atoms with Crippen LogP contribution in [0.15, 0.2) is 29.0 Å². The Labute approximate surface area is 116 Å². The van der Waals surface area contributed by atoms with E-state index in [0.29, 0.717) is 24.8 Å². The Morgan fingerprint density at radius 2 is 2.05 bits per heavy atom. The summed E-state index contributed by atoms with van der Waals surface area (Å²) in [7, 11) is -3.11. The van der Waals surface area contributed by atoms with Crippen molar-refractivity contribution >= 4 is 10.0 Å². The molecule has 8 heteroatoms. The van der Waals surface area contributed by atoms with E-state index in [2.05, 4.69) is 15.1 Å². The summed E-state index contributed by atoms with van der Waals surface area (Å²) >= 11 is 0. The summed E-state index contributed by atoms with van der Waals surface area (Å²) in [6.07, 6.45) is 3.31. The van der Waals surface area contributed by atoms with E-state index in [1.165, 1.54) is 4.31 Å². The summed E-state index contributed by atoms with van der Waals surface area (Å²) in [6.45, 7) is 2.46. The van der Waals surface area contributed by atoms with E-state index in [1.54, 1.807) is 31.5 Å². The van der Waals surface area contributed by atoms with Gasteiger partial charge in [-0.3, -0.25) is 4.98 Å². The van der Waals surface area contributed by atoms with Gasteiger partial charge in [-0.1, -0.05) is 5.16 Å². The molecule has 0 saturated carbocycles. The smallest absolute Gasteiger partial charge is 0.232 e. The molecule has 0 radical (unpaired) electrons. The highest BCUT2D eigenvalue weighted by atomic mass is 32.2. The average molecular weight is 294 g/mol. The molecule has 0 spiro atoms. The first kappa shape index (κ1) is 13.2. The molecule has 20 heavy (non-hydrogen) atoms. The molecule has 2 aromatic heterocycles. The zero-order valence-electron chi connectivity index (χ0n) is 10.9. The second-order valence-corrected chi connectivity index (χ2v) is 6.86. The number of pyridine rings is 1. The molecule has 106 valence electrons. The minimum absolute atomic E-state index is 0.0144. The fourth-order valence-electron chi connectivity index (χ4n) is 2.02. The van der Waals surface area contributed by atoms with E-state index in [4.69, 9.17) is 4.52 Å². The van der Waals surface area contributed by atoms with Gasteiger partial charge in [-0.25, -0.2) is 12.7 Å². The third-order valence-electron chi connectivity index (χ3n) is 3.34. The molecule has 1 saturated heterocycles. The predicted molar refractivity (Wildman–Crippen MR) is 71.3 cm³/mol. The van der Waals surface area contributed by atoms with Gasteiger partial charge in [0, 0.05) is 31.0 Å². The first-order valence-corrected chi connectivity index (χ1v) is 7.93. The number of rotatable bonds is 4. The van der Waals surface area contributed by atoms with E-state index >= 15 is 0 Å². The van der Waals surface area contributed by atoms with Crippen LogP contribution in [0.3, 0.4) is 0 Å². The summed E-state index contributed by atoms with van der Waals surface area (Å²) in [4.78, 5) is 8.24. The Bertz CT molecular complexity index is 693. The third-order valence-corrected chi connectivity index (χ3v) is 5.15. The zero-order valence-corrected chi connectivity index (χ0v) is 11.7. The largest absolute Gasteiger partial charge is 0.339 e. The molecule has 2 aromatic rings. The number of nitrogens with zero attached hydrogens (tertiary/aromatic N) is 4. The van der Waals surface area contributed by atoms with Gasteiger partial charge in [0.2, 0.25) is 21.7 Å². The Kier molecular flexibility index (Phi) is 3.27. The molecule has 0 aliphatic carbocycles. The molecular formula is C12H14N4O3S. The van der Waals surface area contributed by atoms with Crippen LogP contribution in [-0.4, -0.2) is 46.7 Å². The average Bonchev–Trinajstić information content (AvgIpc) is 2.87. The quantitative estimate of drug-likeness (QED) is 0.831. The zero-order chi connectivity index (χ0) is 14.2. The molecule has 1 aliphatic heterocycles. The molecule has 1 aliphatic rings. The molecule has 0 atom stereocenters. The van der Waals surface area contributed by atoms with Crippen LogP contribution in [-0.2, 0) is 10.0 Å². The summed E-state index contributed by atoms with van der Waals surface area (Å²) in [5.74, 6) is 1.09. The highest BCUT2D eigenvalue weighted by Crippen LogP contribution is 2.29. The topological polar surface area (TPSA) is 89.2 Å². The molecule has 0 aromatic carbocycles. The summed E-state index contributed by atoms with van der Waals surface area (Å²) in [6, 6.07) is 3.59. The molecular weight excluding hydrogens is 280 g/mol. The van der Waals surface area contributed by atoms with Crippen LogP contribution in [0.4, 0.5) is 0 Å². The number of hydrogen-bond donors (Lipinski definition) is 0. The second-order valence-electron chi connectivity index (χ2n) is 4.61. The first-order valence-electron chi connectivity index (χ1n) is 6.32. The van der Waals surface area contributed by atoms with Crippen molar-refractivity contribution in [2.45, 2.75) is 12.8 Å². The Morgan fingerprint density at radius 1 is 1.35 bits per heavy atom. The van der Waals surface area contributed by atoms with Crippen molar-refractivity contribution in [2.75, 3.05) is 18.8 Å². The van der Waals surface area contributed by atoms with Gasteiger partial charge in [-0.2, -0.15) is 4.98 Å². The first-order chi connectivity index (χ1) is 9.60. The normalized spacial score (nSPS) is 17.1. The fourth-order valence-corrected chi connectivity index (χ4v) is 3.20. The van der Waals surface area contributed by atoms with Crippen LogP contribution in [0.25, 0.3) is 11.4 Å². The summed E-state index contributed by atoms with van der Waals surface area (Å²) in [5, 5.41) is 3.91. The van der Waals surface area contributed by atoms with Crippen molar-refractivity contribution in [3.05, 3.63) is 30.4 Å². The second kappa shape index (κ2) is 4.95. The maximum Gasteiger partial charge on any atom is 0.232 e. The van der Waals surface area contributed by atoms with Gasteiger partial charge in [-0.15, -0.1) is 0 Å². The molecule has 3 heterocycles. The van der Waals surface area contributed by atoms with Crippen LogP contribution >= 0.6 is 0 Å². The van der Waals surface area contributed by atoms with E-state index in [1.807, 2.05) is 0 Å². The van der Waals surface area contributed by atoms with Gasteiger partial charge >= 0.3 is 0 Å². The molecule has 3 rings (SSSR count). The van der Waals surface area contributed by atoms with E-state index in [-0.39, 0.29) is 11.7 Å². The summed E-state index contributed by atoms with van der Waals surface area (Å²) < 4.78 is 29.9. The van der Waals surface area contributed by atoms with E-state index in [9.17, 15) is 8.42 Å². The molecule has 0 unspecified atom stereocenters. The van der Waals surface area contributed by atoms with Gasteiger partial charge in [0.15, 0.2) is 0 Å². The highest BCUT2D eigenvalue weighted by Gasteiger charge is 2.38. The minimum Gasteiger partial charge on any atom is -0.339 e. The van der Waals surface area contributed by atoms with Crippen molar-refractivity contribution < 1.29 is 12.9 Å². The lowest BCUT2D eigenvalue weighted by atomic mass is 10.0. The highest BCUT2D eigenvalue weighted by molar-refractivity contribution is 7.89. The number of hydrogen-bond acceptors (Lipinski definition) is 6. The maximum absolute atomic E-state index is 11.6. The predicted octanol–water partition coefficient (Wildman–Crippen LogP) is 0.881. The van der Waals surface area contributed by atoms with Crippen LogP contribution in [0.5, 0.6) is 0 Å². The number of aromatic nitrogens is 3. The molecule has 0 bridgehead atoms. The lowest BCUT2D eigenvalue weighted by Gasteiger charge is -2.35. The Hall–Kier alpha value is -1.80. The molecule has 7 nitrogen and oxygen atoms in total. The van der Waals surface area contributed by atoms with Gasteiger partial charge in [0.1, 0.15) is 0 Å². The van der Waals surface area contributed by atoms with Crippen LogP contribution in [0, 0.1) is 0 Å². The monoisotopic (exact) mass is 294 g/mol. The number of sulfonamides is 1. The van der Waals surface area contributed by atoms with Crippen LogP contribution in [0.2, 0.25) is 0 Å². The van der Waals surface area contributed by atoms with Crippen LogP contribution in [0.1, 0.15) is 18.7 Å². The SMILES string of the molecule is CCS(=O)(=O)N1CC(c2nc(-c3ccncc3)no2)C1. The molecule has 0 N–H and O–H groups in total. The van der Waals surface area contributed by atoms with E-state index in [0.717, 1.165) is 5.56 Å². The third kappa shape index (κ3) is 2.32. The Morgan fingerprint density at radius 3 is 2.70 bits per heavy atom. The standard InChI is InChI=1S/C12H14N4O3S/c1-2-20(17,18)16-7-10(8-16)12-14-11(15-19-12)9-3-5-13-6-4-9/h3-6,10H,2,7-8H2,1H3. The van der Waals surface area contributed by atoms with Crippen molar-refractivity contribution in [1.82, 2.24) is 19.4 Å². The van der Waals surface area contributed by atoms with Crippen LogP contribution < -0.4 is 0 Å². The van der Waals surface area contributed by atoms with Crippen molar-refractivity contribution in [3.8, 4) is 11.4 Å². The van der Waals surface area contributed by atoms with E-state index < -0.39 is 10.0 Å². The lowest BCUT2D eigenvalue weighted by Crippen LogP contribution is -2.49. The lowest BCUT2D eigenvalue weighted by molar-refractivity contribution is 0.217. The van der Waals surface area contributed by atoms with Gasteiger partial charge < -0.3 is 4.52 Å². The van der Waals surface area contributed by atoms with Gasteiger partial charge in [-0.05, 0) is 19.1 Å². The fraction of sp³-hybridized carbons (Fsp3) is 0.417. The summed E-state index contributed by atoms with van der Waals surface area (Å²) in [5.41, 5.74) is 0.826. The van der Waals surface area contributed by atoms with Gasteiger partial charge in [0.25, 0.3) is 0 Å².